The maximum Gasteiger partial charge on any atom is 0.0789 e. The highest BCUT2D eigenvalue weighted by atomic mass is 15.1. The number of benzene rings is 10. The molecule has 0 saturated heterocycles. The van der Waals surface area contributed by atoms with Gasteiger partial charge in [0, 0.05) is 44.0 Å². The first kappa shape index (κ1) is 35.5. The second kappa shape index (κ2) is 12.9. The van der Waals surface area contributed by atoms with Crippen molar-refractivity contribution in [3.63, 3.8) is 0 Å². The minimum Gasteiger partial charge on any atom is -0.310 e. The zero-order valence-corrected chi connectivity index (χ0v) is 35.5. The van der Waals surface area contributed by atoms with E-state index in [1.54, 1.807) is 0 Å². The van der Waals surface area contributed by atoms with Gasteiger partial charge in [-0.15, -0.1) is 0 Å². The van der Waals surface area contributed by atoms with Crippen LogP contribution in [0, 0.1) is 0 Å². The fourth-order valence-electron chi connectivity index (χ4n) is 11.5. The van der Waals surface area contributed by atoms with Gasteiger partial charge in [-0.3, -0.25) is 0 Å². The number of hydrogen-bond acceptors (Lipinski definition) is 1. The summed E-state index contributed by atoms with van der Waals surface area (Å²) in [4.78, 5) is 2.47. The average molecular weight is 816 g/mol. The molecule has 0 radical (unpaired) electrons. The number of aromatic nitrogens is 2. The van der Waals surface area contributed by atoms with Crippen LogP contribution in [-0.4, -0.2) is 8.80 Å². The van der Waals surface area contributed by atoms with Gasteiger partial charge in [0.1, 0.15) is 0 Å². The molecule has 0 atom stereocenters. The first-order chi connectivity index (χ1) is 31.5. The van der Waals surface area contributed by atoms with E-state index in [9.17, 15) is 0 Å². The number of hydrogen-bond donors (Lipinski definition) is 0. The quantitative estimate of drug-likeness (QED) is 0.158. The lowest BCUT2D eigenvalue weighted by Crippen LogP contribution is -2.16. The molecule has 13 aromatic rings. The Kier molecular flexibility index (Phi) is 7.17. The normalized spacial score (nSPS) is 13.3. The minimum atomic E-state index is -0.141. The third-order valence-corrected chi connectivity index (χ3v) is 14.4. The van der Waals surface area contributed by atoms with Gasteiger partial charge in [0.25, 0.3) is 0 Å². The van der Waals surface area contributed by atoms with Crippen LogP contribution in [0.2, 0.25) is 0 Å². The van der Waals surface area contributed by atoms with Crippen LogP contribution in [0.5, 0.6) is 0 Å². The van der Waals surface area contributed by atoms with E-state index >= 15 is 0 Å². The topological polar surface area (TPSA) is 12.1 Å². The maximum atomic E-state index is 2.53. The first-order valence-corrected chi connectivity index (χ1v) is 22.4. The Morgan fingerprint density at radius 3 is 1.58 bits per heavy atom. The van der Waals surface area contributed by atoms with E-state index in [0.29, 0.717) is 0 Å². The van der Waals surface area contributed by atoms with Crippen molar-refractivity contribution in [2.24, 2.45) is 0 Å². The predicted octanol–water partition coefficient (Wildman–Crippen LogP) is 16.5. The van der Waals surface area contributed by atoms with Gasteiger partial charge in [-0.05, 0) is 110 Å². The van der Waals surface area contributed by atoms with E-state index in [2.05, 4.69) is 240 Å². The second-order valence-electron chi connectivity index (χ2n) is 18.1. The van der Waals surface area contributed by atoms with Gasteiger partial charge in [-0.25, -0.2) is 0 Å². The zero-order valence-electron chi connectivity index (χ0n) is 35.5. The highest BCUT2D eigenvalue weighted by Crippen LogP contribution is 2.51. The Morgan fingerprint density at radius 2 is 0.875 bits per heavy atom. The third kappa shape index (κ3) is 4.76. The lowest BCUT2D eigenvalue weighted by atomic mass is 9.82. The van der Waals surface area contributed by atoms with Gasteiger partial charge in [0.2, 0.25) is 0 Å². The molecule has 0 bridgehead atoms. The van der Waals surface area contributed by atoms with Gasteiger partial charge in [0.15, 0.2) is 0 Å². The molecule has 0 saturated carbocycles. The van der Waals surface area contributed by atoms with Crippen LogP contribution in [0.25, 0.3) is 98.8 Å². The summed E-state index contributed by atoms with van der Waals surface area (Å²) in [7, 11) is 0. The first-order valence-electron chi connectivity index (χ1n) is 22.4. The molecule has 0 aliphatic heterocycles. The van der Waals surface area contributed by atoms with E-state index in [4.69, 9.17) is 0 Å². The van der Waals surface area contributed by atoms with Crippen molar-refractivity contribution in [3.05, 3.63) is 223 Å². The molecular formula is C61H41N3. The van der Waals surface area contributed by atoms with Crippen molar-refractivity contribution in [2.45, 2.75) is 19.3 Å². The molecule has 300 valence electrons. The number of rotatable bonds is 5. The van der Waals surface area contributed by atoms with Gasteiger partial charge >= 0.3 is 0 Å². The number of para-hydroxylation sites is 2. The van der Waals surface area contributed by atoms with E-state index in [1.165, 1.54) is 110 Å². The molecule has 3 aromatic heterocycles. The number of fused-ring (bicyclic) bond motifs is 13. The number of anilines is 3. The van der Waals surface area contributed by atoms with Crippen LogP contribution in [-0.2, 0) is 5.41 Å². The molecule has 0 unspecified atom stereocenters. The van der Waals surface area contributed by atoms with Crippen LogP contribution in [0.4, 0.5) is 17.1 Å². The molecule has 64 heavy (non-hydrogen) atoms. The lowest BCUT2D eigenvalue weighted by Gasteiger charge is -2.28. The van der Waals surface area contributed by atoms with Crippen molar-refractivity contribution in [1.82, 2.24) is 8.80 Å². The summed E-state index contributed by atoms with van der Waals surface area (Å²) in [5.41, 5.74) is 20.8. The maximum absolute atomic E-state index is 2.53. The average Bonchev–Trinajstić information content (AvgIpc) is 3.95. The smallest absolute Gasteiger partial charge is 0.0789 e. The molecule has 10 aromatic carbocycles. The third-order valence-electron chi connectivity index (χ3n) is 14.4. The summed E-state index contributed by atoms with van der Waals surface area (Å²) in [5, 5.41) is 7.62. The van der Waals surface area contributed by atoms with Crippen molar-refractivity contribution in [1.29, 1.82) is 0 Å². The molecule has 1 aliphatic rings. The van der Waals surface area contributed by atoms with Crippen molar-refractivity contribution < 1.29 is 0 Å². The van der Waals surface area contributed by atoms with Crippen LogP contribution < -0.4 is 4.90 Å². The molecule has 3 heterocycles. The predicted molar refractivity (Wildman–Crippen MR) is 270 cm³/mol. The monoisotopic (exact) mass is 815 g/mol. The minimum absolute atomic E-state index is 0.141. The molecule has 3 nitrogen and oxygen atoms in total. The standard InChI is InChI=1S/C61H41N3/c1-61(2)52-23-9-6-18-46(52)47-32-30-42(36-53(47)61)62(41-28-26-39(27-29-41)45-22-13-17-40-16-12-21-44(58(40)45)38-14-4-3-5-15-38)43-31-35-56-57(37-43)64-55-25-11-8-20-49(55)51-34-33-50-48-19-7-10-24-54(48)63(56)59(50)60(51)64/h3-37H,1-2H3. The Labute approximate surface area is 370 Å². The fourth-order valence-corrected chi connectivity index (χ4v) is 11.5. The second-order valence-corrected chi connectivity index (χ2v) is 18.1. The van der Waals surface area contributed by atoms with Crippen molar-refractivity contribution in [3.8, 4) is 33.4 Å². The van der Waals surface area contributed by atoms with Gasteiger partial charge in [-0.2, -0.15) is 0 Å². The van der Waals surface area contributed by atoms with Crippen LogP contribution in [0.15, 0.2) is 212 Å². The van der Waals surface area contributed by atoms with Gasteiger partial charge in [-0.1, -0.05) is 172 Å². The van der Waals surface area contributed by atoms with E-state index in [1.807, 2.05) is 0 Å². The Balaban J connectivity index is 1.02. The van der Waals surface area contributed by atoms with Crippen LogP contribution >= 0.6 is 0 Å². The molecule has 1 aliphatic carbocycles. The van der Waals surface area contributed by atoms with Crippen LogP contribution in [0.3, 0.4) is 0 Å². The molecule has 0 N–H and O–H groups in total. The zero-order chi connectivity index (χ0) is 42.3. The highest BCUT2D eigenvalue weighted by molar-refractivity contribution is 6.25. The summed E-state index contributed by atoms with van der Waals surface area (Å²) in [6, 6.07) is 78.9. The van der Waals surface area contributed by atoms with E-state index < -0.39 is 0 Å². The number of nitrogens with zero attached hydrogens (tertiary/aromatic N) is 3. The Hall–Kier alpha value is -8.14. The fraction of sp³-hybridized carbons (Fsp3) is 0.0492. The van der Waals surface area contributed by atoms with Crippen molar-refractivity contribution in [2.75, 3.05) is 4.90 Å². The molecule has 0 spiro atoms. The SMILES string of the molecule is CC1(C)c2ccccc2-c2ccc(N(c3ccc(-c4cccc5cccc(-c6ccccc6)c45)cc3)c3ccc4c(c3)n3c5ccccc5c5ccc6c7ccccc7n4c6c53)cc21. The van der Waals surface area contributed by atoms with Gasteiger partial charge in [0.05, 0.1) is 33.1 Å². The Bertz CT molecular complexity index is 4030. The molecule has 3 heteroatoms. The summed E-state index contributed by atoms with van der Waals surface area (Å²) in [5.74, 6) is 0. The summed E-state index contributed by atoms with van der Waals surface area (Å²) in [6.45, 7) is 4.74. The summed E-state index contributed by atoms with van der Waals surface area (Å²) in [6.07, 6.45) is 0. The van der Waals surface area contributed by atoms with E-state index in [-0.39, 0.29) is 5.41 Å². The van der Waals surface area contributed by atoms with E-state index in [0.717, 1.165) is 17.1 Å². The van der Waals surface area contributed by atoms with Gasteiger partial charge < -0.3 is 13.7 Å². The largest absolute Gasteiger partial charge is 0.310 e. The molecular weight excluding hydrogens is 775 g/mol. The molecule has 0 fully saturated rings. The van der Waals surface area contributed by atoms with Crippen LogP contribution in [0.1, 0.15) is 25.0 Å². The molecule has 0 amide bonds. The molecule has 14 rings (SSSR count). The summed E-state index contributed by atoms with van der Waals surface area (Å²) < 4.78 is 5.03. The lowest BCUT2D eigenvalue weighted by molar-refractivity contribution is 0.660. The Morgan fingerprint density at radius 1 is 0.344 bits per heavy atom. The summed E-state index contributed by atoms with van der Waals surface area (Å²) >= 11 is 0. The van der Waals surface area contributed by atoms with Crippen molar-refractivity contribution >= 4 is 82.5 Å². The highest BCUT2D eigenvalue weighted by Gasteiger charge is 2.36.